The van der Waals surface area contributed by atoms with Gasteiger partial charge in [0.25, 0.3) is 0 Å². The van der Waals surface area contributed by atoms with Crippen molar-refractivity contribution >= 4 is 0 Å². The predicted molar refractivity (Wildman–Crippen MR) is 90.2 cm³/mol. The summed E-state index contributed by atoms with van der Waals surface area (Å²) in [4.78, 5) is 1.46. The van der Waals surface area contributed by atoms with E-state index in [0.717, 1.165) is 25.6 Å². The van der Waals surface area contributed by atoms with E-state index in [1.54, 1.807) is 0 Å². The molecule has 22 heavy (non-hydrogen) atoms. The molecule has 1 aliphatic heterocycles. The second kappa shape index (κ2) is 5.77. The lowest BCUT2D eigenvalue weighted by molar-refractivity contribution is -0.945. The maximum Gasteiger partial charge on any atom is 0.222 e. The molecule has 0 bridgehead atoms. The highest BCUT2D eigenvalue weighted by molar-refractivity contribution is 5.39. The van der Waals surface area contributed by atoms with Crippen LogP contribution in [-0.4, -0.2) is 6.73 Å². The molecule has 1 N–H and O–H groups in total. The number of hydrogen-bond acceptors (Lipinski definition) is 1. The Labute approximate surface area is 133 Å². The van der Waals surface area contributed by atoms with Crippen LogP contribution in [0.25, 0.3) is 0 Å². The van der Waals surface area contributed by atoms with Crippen LogP contribution in [0.2, 0.25) is 0 Å². The fourth-order valence-corrected chi connectivity index (χ4v) is 2.93. The van der Waals surface area contributed by atoms with Crippen LogP contribution in [0, 0.1) is 6.92 Å². The van der Waals surface area contributed by atoms with E-state index in [-0.39, 0.29) is 5.41 Å². The molecular formula is C20H26NO+. The van der Waals surface area contributed by atoms with Gasteiger partial charge in [-0.25, -0.2) is 0 Å². The first-order valence-corrected chi connectivity index (χ1v) is 8.07. The van der Waals surface area contributed by atoms with Crippen LogP contribution in [0.4, 0.5) is 0 Å². The number of nitrogens with one attached hydrogen (secondary N) is 1. The van der Waals surface area contributed by atoms with Gasteiger partial charge in [0.05, 0.1) is 0 Å². The molecule has 2 nitrogen and oxygen atoms in total. The van der Waals surface area contributed by atoms with Gasteiger partial charge in [-0.05, 0) is 30.0 Å². The van der Waals surface area contributed by atoms with Crippen LogP contribution < -0.4 is 9.64 Å². The van der Waals surface area contributed by atoms with Gasteiger partial charge >= 0.3 is 0 Å². The van der Waals surface area contributed by atoms with Crippen molar-refractivity contribution < 1.29 is 9.64 Å². The van der Waals surface area contributed by atoms with Crippen molar-refractivity contribution in [2.75, 3.05) is 6.73 Å². The molecule has 0 saturated heterocycles. The summed E-state index contributed by atoms with van der Waals surface area (Å²) in [5, 5.41) is 0. The standard InChI is InChI=1S/C20H25NO/c1-15-5-7-16(8-6-15)12-21-13-17-11-18(20(2,3)4)9-10-19(17)22-14-21/h5-11H,12-14H2,1-4H3/p+1. The molecule has 2 aromatic carbocycles. The maximum absolute atomic E-state index is 5.96. The van der Waals surface area contributed by atoms with E-state index in [4.69, 9.17) is 4.74 Å². The van der Waals surface area contributed by atoms with Crippen molar-refractivity contribution in [3.63, 3.8) is 0 Å². The Bertz CT molecular complexity index is 652. The van der Waals surface area contributed by atoms with Crippen LogP contribution in [0.5, 0.6) is 5.75 Å². The van der Waals surface area contributed by atoms with Crippen molar-refractivity contribution in [2.24, 2.45) is 0 Å². The molecule has 0 saturated carbocycles. The van der Waals surface area contributed by atoms with Gasteiger partial charge in [0.15, 0.2) is 0 Å². The summed E-state index contributed by atoms with van der Waals surface area (Å²) in [6, 6.07) is 15.5. The van der Waals surface area contributed by atoms with Crippen LogP contribution in [0.3, 0.4) is 0 Å². The average molecular weight is 296 g/mol. The van der Waals surface area contributed by atoms with Crippen molar-refractivity contribution in [3.8, 4) is 5.75 Å². The molecule has 116 valence electrons. The van der Waals surface area contributed by atoms with E-state index < -0.39 is 0 Å². The van der Waals surface area contributed by atoms with E-state index in [9.17, 15) is 0 Å². The third kappa shape index (κ3) is 3.33. The second-order valence-corrected chi connectivity index (χ2v) is 7.45. The molecule has 1 heterocycles. The Morgan fingerprint density at radius 2 is 1.77 bits per heavy atom. The highest BCUT2D eigenvalue weighted by Gasteiger charge is 2.23. The normalized spacial score (nSPS) is 17.7. The third-order valence-corrected chi connectivity index (χ3v) is 4.37. The number of ether oxygens (including phenoxy) is 1. The highest BCUT2D eigenvalue weighted by Crippen LogP contribution is 2.28. The highest BCUT2D eigenvalue weighted by atomic mass is 16.5. The first-order valence-electron chi connectivity index (χ1n) is 8.07. The molecule has 0 radical (unpaired) electrons. The first kappa shape index (κ1) is 15.1. The summed E-state index contributed by atoms with van der Waals surface area (Å²) in [7, 11) is 0. The summed E-state index contributed by atoms with van der Waals surface area (Å²) in [6.07, 6.45) is 0. The summed E-state index contributed by atoms with van der Waals surface area (Å²) in [5.41, 5.74) is 5.59. The Morgan fingerprint density at radius 1 is 1.05 bits per heavy atom. The Kier molecular flexibility index (Phi) is 3.96. The van der Waals surface area contributed by atoms with E-state index in [1.807, 2.05) is 0 Å². The van der Waals surface area contributed by atoms with Gasteiger partial charge in [-0.3, -0.25) is 4.90 Å². The lowest BCUT2D eigenvalue weighted by atomic mass is 9.86. The smallest absolute Gasteiger partial charge is 0.222 e. The van der Waals surface area contributed by atoms with E-state index >= 15 is 0 Å². The predicted octanol–water partition coefficient (Wildman–Crippen LogP) is 3.23. The van der Waals surface area contributed by atoms with E-state index in [2.05, 4.69) is 70.2 Å². The maximum atomic E-state index is 5.96. The minimum atomic E-state index is 0.184. The van der Waals surface area contributed by atoms with Crippen molar-refractivity contribution in [1.82, 2.24) is 0 Å². The van der Waals surface area contributed by atoms with Crippen LogP contribution in [0.1, 0.15) is 43.0 Å². The number of rotatable bonds is 2. The average Bonchev–Trinajstić information content (AvgIpc) is 2.48. The lowest BCUT2D eigenvalue weighted by Gasteiger charge is -2.28. The summed E-state index contributed by atoms with van der Waals surface area (Å²) < 4.78 is 5.96. The molecule has 1 atom stereocenters. The minimum Gasteiger partial charge on any atom is -0.445 e. The van der Waals surface area contributed by atoms with Gasteiger partial charge in [-0.15, -0.1) is 0 Å². The molecule has 0 spiro atoms. The van der Waals surface area contributed by atoms with Crippen LogP contribution in [-0.2, 0) is 18.5 Å². The van der Waals surface area contributed by atoms with Crippen LogP contribution >= 0.6 is 0 Å². The third-order valence-electron chi connectivity index (χ3n) is 4.37. The molecule has 3 rings (SSSR count). The van der Waals surface area contributed by atoms with Gasteiger partial charge in [-0.2, -0.15) is 0 Å². The number of fused-ring (bicyclic) bond motifs is 1. The molecule has 0 fully saturated rings. The Morgan fingerprint density at radius 3 is 2.45 bits per heavy atom. The van der Waals surface area contributed by atoms with Gasteiger partial charge in [0.1, 0.15) is 18.8 Å². The molecule has 0 aliphatic carbocycles. The van der Waals surface area contributed by atoms with Gasteiger partial charge < -0.3 is 4.74 Å². The van der Waals surface area contributed by atoms with E-state index in [0.29, 0.717) is 0 Å². The number of aryl methyl sites for hydroxylation is 1. The fraction of sp³-hybridized carbons (Fsp3) is 0.400. The molecule has 1 unspecified atom stereocenters. The van der Waals surface area contributed by atoms with Crippen molar-refractivity contribution in [2.45, 2.75) is 46.2 Å². The molecule has 0 aromatic heterocycles. The SMILES string of the molecule is Cc1ccc(C[NH+]2COc3ccc(C(C)(C)C)cc3C2)cc1. The lowest BCUT2D eigenvalue weighted by Crippen LogP contribution is -3.10. The molecule has 2 heteroatoms. The topological polar surface area (TPSA) is 13.7 Å². The van der Waals surface area contributed by atoms with Gasteiger partial charge in [0.2, 0.25) is 6.73 Å². The second-order valence-electron chi connectivity index (χ2n) is 7.45. The van der Waals surface area contributed by atoms with Gasteiger partial charge in [-0.1, -0.05) is 56.7 Å². The zero-order valence-corrected chi connectivity index (χ0v) is 14.1. The summed E-state index contributed by atoms with van der Waals surface area (Å²) >= 11 is 0. The minimum absolute atomic E-state index is 0.184. The molecular weight excluding hydrogens is 270 g/mol. The Hall–Kier alpha value is -1.80. The van der Waals surface area contributed by atoms with Crippen LogP contribution in [0.15, 0.2) is 42.5 Å². The summed E-state index contributed by atoms with van der Waals surface area (Å²) in [5.74, 6) is 1.06. The van der Waals surface area contributed by atoms with Gasteiger partial charge in [0, 0.05) is 11.1 Å². The van der Waals surface area contributed by atoms with Crippen molar-refractivity contribution in [3.05, 3.63) is 64.7 Å². The molecule has 0 amide bonds. The number of hydrogen-bond donors (Lipinski definition) is 1. The van der Waals surface area contributed by atoms with Crippen molar-refractivity contribution in [1.29, 1.82) is 0 Å². The monoisotopic (exact) mass is 296 g/mol. The zero-order chi connectivity index (χ0) is 15.7. The zero-order valence-electron chi connectivity index (χ0n) is 14.1. The number of quaternary nitrogens is 1. The summed E-state index contributed by atoms with van der Waals surface area (Å²) in [6.45, 7) is 11.7. The van der Waals surface area contributed by atoms with E-state index in [1.165, 1.54) is 27.2 Å². The largest absolute Gasteiger partial charge is 0.445 e. The molecule has 2 aromatic rings. The number of benzene rings is 2. The fourth-order valence-electron chi connectivity index (χ4n) is 2.93. The Balaban J connectivity index is 1.76. The molecule has 1 aliphatic rings. The first-order chi connectivity index (χ1) is 10.4. The quantitative estimate of drug-likeness (QED) is 0.898.